The molecule has 0 saturated carbocycles. The molecule has 9 heteroatoms. The second-order valence-corrected chi connectivity index (χ2v) is 8.44. The summed E-state index contributed by atoms with van der Waals surface area (Å²) in [5.74, 6) is -2.68. The second-order valence-electron chi connectivity index (χ2n) is 6.41. The van der Waals surface area contributed by atoms with Crippen LogP contribution in [0, 0.1) is 25.7 Å². The second kappa shape index (κ2) is 7.99. The summed E-state index contributed by atoms with van der Waals surface area (Å²) in [6, 6.07) is 0. The lowest BCUT2D eigenvalue weighted by atomic mass is 9.99. The normalized spacial score (nSPS) is 15.3. The van der Waals surface area contributed by atoms with E-state index in [0.717, 1.165) is 17.0 Å². The summed E-state index contributed by atoms with van der Waals surface area (Å²) < 4.78 is 33.1. The SMILES string of the molecule is COC(=O)C(C)C(C)S(=O)(=O)NC(=O)C(C)Cc1c(C)nn(C)c1C. The largest absolute Gasteiger partial charge is 0.469 e. The third-order valence-electron chi connectivity index (χ3n) is 4.63. The zero-order valence-electron chi connectivity index (χ0n) is 15.8. The van der Waals surface area contributed by atoms with Crippen molar-refractivity contribution in [3.63, 3.8) is 0 Å². The first-order valence-corrected chi connectivity index (χ1v) is 9.59. The van der Waals surface area contributed by atoms with E-state index in [1.807, 2.05) is 20.9 Å². The zero-order valence-corrected chi connectivity index (χ0v) is 16.6. The number of nitrogens with one attached hydrogen (secondary N) is 1. The van der Waals surface area contributed by atoms with Gasteiger partial charge in [0.05, 0.1) is 24.0 Å². The molecule has 1 amide bonds. The van der Waals surface area contributed by atoms with Crippen LogP contribution in [0.4, 0.5) is 0 Å². The van der Waals surface area contributed by atoms with Gasteiger partial charge in [-0.05, 0) is 32.8 Å². The summed E-state index contributed by atoms with van der Waals surface area (Å²) in [7, 11) is -0.979. The van der Waals surface area contributed by atoms with Gasteiger partial charge in [-0.25, -0.2) is 8.42 Å². The van der Waals surface area contributed by atoms with E-state index in [4.69, 9.17) is 0 Å². The van der Waals surface area contributed by atoms with Gasteiger partial charge in [-0.1, -0.05) is 13.8 Å². The Morgan fingerprint density at radius 1 is 1.24 bits per heavy atom. The Morgan fingerprint density at radius 2 is 1.80 bits per heavy atom. The van der Waals surface area contributed by atoms with E-state index in [-0.39, 0.29) is 0 Å². The molecule has 1 aromatic heterocycles. The topological polar surface area (TPSA) is 107 Å². The summed E-state index contributed by atoms with van der Waals surface area (Å²) in [6.45, 7) is 8.23. The van der Waals surface area contributed by atoms with Crippen molar-refractivity contribution in [3.05, 3.63) is 17.0 Å². The Morgan fingerprint density at radius 3 is 2.24 bits per heavy atom. The number of nitrogens with zero attached hydrogens (tertiary/aromatic N) is 2. The predicted molar refractivity (Wildman–Crippen MR) is 93.3 cm³/mol. The summed E-state index contributed by atoms with van der Waals surface area (Å²) >= 11 is 0. The van der Waals surface area contributed by atoms with Gasteiger partial charge in [0.2, 0.25) is 15.9 Å². The summed E-state index contributed by atoms with van der Waals surface area (Å²) in [5, 5.41) is 3.21. The fraction of sp³-hybridized carbons (Fsp3) is 0.688. The minimum absolute atomic E-state index is 0.383. The number of aryl methyl sites for hydroxylation is 2. The molecule has 0 aliphatic rings. The lowest BCUT2D eigenvalue weighted by Crippen LogP contribution is -2.44. The van der Waals surface area contributed by atoms with Crippen LogP contribution < -0.4 is 4.72 Å². The maximum atomic E-state index is 12.3. The zero-order chi connectivity index (χ0) is 19.5. The van der Waals surface area contributed by atoms with Crippen molar-refractivity contribution in [2.45, 2.75) is 46.3 Å². The molecule has 3 unspecified atom stereocenters. The molecule has 0 aliphatic heterocycles. The molecule has 142 valence electrons. The highest BCUT2D eigenvalue weighted by Crippen LogP contribution is 2.18. The van der Waals surface area contributed by atoms with Gasteiger partial charge in [-0.3, -0.25) is 19.0 Å². The van der Waals surface area contributed by atoms with Crippen molar-refractivity contribution in [1.82, 2.24) is 14.5 Å². The monoisotopic (exact) mass is 373 g/mol. The minimum atomic E-state index is -3.99. The van der Waals surface area contributed by atoms with Gasteiger partial charge >= 0.3 is 5.97 Å². The van der Waals surface area contributed by atoms with Gasteiger partial charge in [0.1, 0.15) is 0 Å². The van der Waals surface area contributed by atoms with E-state index in [1.165, 1.54) is 21.0 Å². The van der Waals surface area contributed by atoms with Crippen LogP contribution >= 0.6 is 0 Å². The molecule has 8 nitrogen and oxygen atoms in total. The van der Waals surface area contributed by atoms with Crippen molar-refractivity contribution in [2.75, 3.05) is 7.11 Å². The number of sulfonamides is 1. The number of aromatic nitrogens is 2. The summed E-state index contributed by atoms with van der Waals surface area (Å²) in [5.41, 5.74) is 2.68. The quantitative estimate of drug-likeness (QED) is 0.710. The average Bonchev–Trinajstić information content (AvgIpc) is 2.78. The molecule has 0 aromatic carbocycles. The molecule has 1 aromatic rings. The van der Waals surface area contributed by atoms with Crippen molar-refractivity contribution in [1.29, 1.82) is 0 Å². The molecule has 1 rings (SSSR count). The molecule has 0 aliphatic carbocycles. The lowest BCUT2D eigenvalue weighted by Gasteiger charge is -2.20. The Labute approximate surface area is 149 Å². The van der Waals surface area contributed by atoms with Gasteiger partial charge < -0.3 is 4.74 Å². The van der Waals surface area contributed by atoms with Crippen LogP contribution in [0.5, 0.6) is 0 Å². The fourth-order valence-corrected chi connectivity index (χ4v) is 3.81. The average molecular weight is 373 g/mol. The van der Waals surface area contributed by atoms with Crippen LogP contribution in [0.25, 0.3) is 0 Å². The molecule has 0 saturated heterocycles. The third kappa shape index (κ3) is 4.81. The molecular formula is C16H27N3O5S. The summed E-state index contributed by atoms with van der Waals surface area (Å²) in [4.78, 5) is 23.9. The van der Waals surface area contributed by atoms with Crippen molar-refractivity contribution >= 4 is 21.9 Å². The molecule has 1 N–H and O–H groups in total. The van der Waals surface area contributed by atoms with E-state index >= 15 is 0 Å². The number of ether oxygens (including phenoxy) is 1. The Balaban J connectivity index is 2.84. The van der Waals surface area contributed by atoms with E-state index in [1.54, 1.807) is 11.6 Å². The standard InChI is InChI=1S/C16H27N3O5S/c1-9(8-14-11(3)17-19(6)12(14)4)15(20)18-25(22,23)13(5)10(2)16(21)24-7/h9-10,13H,8H2,1-7H3,(H,18,20). The molecular weight excluding hydrogens is 346 g/mol. The summed E-state index contributed by atoms with van der Waals surface area (Å²) in [6.07, 6.45) is 0.383. The predicted octanol–water partition coefficient (Wildman–Crippen LogP) is 0.859. The smallest absolute Gasteiger partial charge is 0.309 e. The van der Waals surface area contributed by atoms with Crippen molar-refractivity contribution in [3.8, 4) is 0 Å². The number of carbonyl (C=O) groups is 2. The molecule has 0 fully saturated rings. The van der Waals surface area contributed by atoms with Crippen LogP contribution in [-0.2, 0) is 37.8 Å². The molecule has 0 radical (unpaired) electrons. The minimum Gasteiger partial charge on any atom is -0.469 e. The highest BCUT2D eigenvalue weighted by molar-refractivity contribution is 7.90. The van der Waals surface area contributed by atoms with Gasteiger partial charge in [0.25, 0.3) is 0 Å². The molecule has 0 bridgehead atoms. The van der Waals surface area contributed by atoms with E-state index in [0.29, 0.717) is 6.42 Å². The first-order chi connectivity index (χ1) is 11.4. The number of hydrogen-bond donors (Lipinski definition) is 1. The number of rotatable bonds is 7. The Kier molecular flexibility index (Phi) is 6.75. The van der Waals surface area contributed by atoms with E-state index in [9.17, 15) is 18.0 Å². The molecule has 3 atom stereocenters. The van der Waals surface area contributed by atoms with Crippen LogP contribution in [0.2, 0.25) is 0 Å². The number of esters is 1. The number of amides is 1. The Bertz CT molecular complexity index is 754. The van der Waals surface area contributed by atoms with Gasteiger partial charge in [0.15, 0.2) is 0 Å². The Hall–Kier alpha value is -1.90. The van der Waals surface area contributed by atoms with Crippen molar-refractivity contribution in [2.24, 2.45) is 18.9 Å². The maximum Gasteiger partial charge on any atom is 0.309 e. The first-order valence-electron chi connectivity index (χ1n) is 8.04. The van der Waals surface area contributed by atoms with Gasteiger partial charge in [0, 0.05) is 18.7 Å². The number of hydrogen-bond acceptors (Lipinski definition) is 6. The van der Waals surface area contributed by atoms with Gasteiger partial charge in [-0.15, -0.1) is 0 Å². The molecule has 1 heterocycles. The number of methoxy groups -OCH3 is 1. The molecule has 0 spiro atoms. The molecule has 25 heavy (non-hydrogen) atoms. The number of carbonyl (C=O) groups excluding carboxylic acids is 2. The van der Waals surface area contributed by atoms with Crippen LogP contribution in [-0.4, -0.2) is 42.4 Å². The lowest BCUT2D eigenvalue weighted by molar-refractivity contribution is -0.144. The first kappa shape index (κ1) is 21.1. The van der Waals surface area contributed by atoms with E-state index < -0.39 is 39.0 Å². The van der Waals surface area contributed by atoms with Crippen LogP contribution in [0.1, 0.15) is 37.7 Å². The highest BCUT2D eigenvalue weighted by Gasteiger charge is 2.34. The van der Waals surface area contributed by atoms with E-state index in [2.05, 4.69) is 14.6 Å². The highest BCUT2D eigenvalue weighted by atomic mass is 32.2. The van der Waals surface area contributed by atoms with Crippen LogP contribution in [0.15, 0.2) is 0 Å². The third-order valence-corrected chi connectivity index (χ3v) is 6.50. The maximum absolute atomic E-state index is 12.3. The van der Waals surface area contributed by atoms with Gasteiger partial charge in [-0.2, -0.15) is 5.10 Å². The van der Waals surface area contributed by atoms with Crippen LogP contribution in [0.3, 0.4) is 0 Å². The fourth-order valence-electron chi connectivity index (χ4n) is 2.49. The van der Waals surface area contributed by atoms with Crippen molar-refractivity contribution < 1.29 is 22.7 Å².